The van der Waals surface area contributed by atoms with Crippen LogP contribution in [-0.4, -0.2) is 47.9 Å². The Morgan fingerprint density at radius 3 is 2.81 bits per heavy atom. The summed E-state index contributed by atoms with van der Waals surface area (Å²) in [5, 5.41) is 5.95. The number of hydrogen-bond acceptors (Lipinski definition) is 5. The molecule has 0 spiro atoms. The van der Waals surface area contributed by atoms with Gasteiger partial charge in [0, 0.05) is 55.8 Å². The lowest BCUT2D eigenvalue weighted by Crippen LogP contribution is -2.49. The van der Waals surface area contributed by atoms with Gasteiger partial charge in [0.05, 0.1) is 0 Å². The fourth-order valence-electron chi connectivity index (χ4n) is 3.62. The van der Waals surface area contributed by atoms with Crippen LogP contribution in [0.15, 0.2) is 35.8 Å². The van der Waals surface area contributed by atoms with Crippen molar-refractivity contribution in [1.29, 1.82) is 0 Å². The van der Waals surface area contributed by atoms with Crippen LogP contribution in [0.25, 0.3) is 0 Å². The maximum atomic E-state index is 12.5. The molecule has 1 saturated heterocycles. The Balaban J connectivity index is 1.28. The lowest BCUT2D eigenvalue weighted by Gasteiger charge is -2.35. The first kappa shape index (κ1) is 17.0. The lowest BCUT2D eigenvalue weighted by atomic mass is 9.89. The van der Waals surface area contributed by atoms with Gasteiger partial charge in [-0.1, -0.05) is 18.2 Å². The van der Waals surface area contributed by atoms with Crippen LogP contribution >= 0.6 is 11.3 Å². The van der Waals surface area contributed by atoms with Crippen LogP contribution in [0, 0.1) is 5.92 Å². The number of rotatable bonds is 4. The third-order valence-corrected chi connectivity index (χ3v) is 5.97. The van der Waals surface area contributed by atoms with Gasteiger partial charge in [0.15, 0.2) is 5.13 Å². The molecule has 1 atom stereocenters. The van der Waals surface area contributed by atoms with Crippen LogP contribution < -0.4 is 10.2 Å². The second kappa shape index (κ2) is 7.45. The molecule has 3 heterocycles. The molecule has 0 bridgehead atoms. The second-order valence-corrected chi connectivity index (χ2v) is 7.64. The molecule has 1 N–H and O–H groups in total. The summed E-state index contributed by atoms with van der Waals surface area (Å²) in [5.41, 5.74) is 2.06. The van der Waals surface area contributed by atoms with Gasteiger partial charge in [-0.15, -0.1) is 11.3 Å². The average molecular weight is 370 g/mol. The zero-order valence-corrected chi connectivity index (χ0v) is 15.4. The Kier molecular flexibility index (Phi) is 4.88. The highest BCUT2D eigenvalue weighted by Gasteiger charge is 2.28. The first-order chi connectivity index (χ1) is 12.7. The van der Waals surface area contributed by atoms with Gasteiger partial charge in [-0.2, -0.15) is 0 Å². The van der Waals surface area contributed by atoms with Crippen molar-refractivity contribution in [3.63, 3.8) is 0 Å². The molecule has 0 radical (unpaired) electrons. The quantitative estimate of drug-likeness (QED) is 0.897. The highest BCUT2D eigenvalue weighted by Crippen LogP contribution is 2.28. The van der Waals surface area contributed by atoms with Crippen molar-refractivity contribution in [3.8, 4) is 0 Å². The van der Waals surface area contributed by atoms with E-state index in [1.54, 1.807) is 11.3 Å². The van der Waals surface area contributed by atoms with Gasteiger partial charge >= 0.3 is 0 Å². The van der Waals surface area contributed by atoms with Crippen molar-refractivity contribution in [3.05, 3.63) is 41.4 Å². The van der Waals surface area contributed by atoms with Crippen LogP contribution in [0.2, 0.25) is 0 Å². The molecule has 4 rings (SSSR count). The summed E-state index contributed by atoms with van der Waals surface area (Å²) in [5.74, 6) is 0.0611. The summed E-state index contributed by atoms with van der Waals surface area (Å²) in [7, 11) is 0. The number of piperazine rings is 1. The van der Waals surface area contributed by atoms with Gasteiger partial charge < -0.3 is 15.1 Å². The number of para-hydroxylation sites is 1. The van der Waals surface area contributed by atoms with Gasteiger partial charge in [0.25, 0.3) is 0 Å². The molecule has 6 nitrogen and oxygen atoms in total. The molecular formula is C19H22N4O2S. The zero-order chi connectivity index (χ0) is 17.9. The third kappa shape index (κ3) is 3.58. The average Bonchev–Trinajstić information content (AvgIpc) is 3.21. The smallest absolute Gasteiger partial charge is 0.227 e. The Morgan fingerprint density at radius 1 is 1.23 bits per heavy atom. The fraction of sp³-hybridized carbons (Fsp3) is 0.421. The van der Waals surface area contributed by atoms with E-state index in [0.29, 0.717) is 19.3 Å². The van der Waals surface area contributed by atoms with Crippen molar-refractivity contribution in [2.75, 3.05) is 36.4 Å². The summed E-state index contributed by atoms with van der Waals surface area (Å²) >= 11 is 1.63. The number of hydrogen-bond donors (Lipinski definition) is 1. The molecule has 2 amide bonds. The zero-order valence-electron chi connectivity index (χ0n) is 14.6. The Bertz CT molecular complexity index is 785. The molecular weight excluding hydrogens is 348 g/mol. The largest absolute Gasteiger partial charge is 0.345 e. The van der Waals surface area contributed by atoms with E-state index in [4.69, 9.17) is 0 Å². The van der Waals surface area contributed by atoms with Gasteiger partial charge in [-0.05, 0) is 24.5 Å². The van der Waals surface area contributed by atoms with Gasteiger partial charge in [0.2, 0.25) is 11.8 Å². The van der Waals surface area contributed by atoms with Crippen molar-refractivity contribution < 1.29 is 9.59 Å². The highest BCUT2D eigenvalue weighted by atomic mass is 32.1. The number of anilines is 2. The van der Waals surface area contributed by atoms with Crippen LogP contribution in [0.3, 0.4) is 0 Å². The molecule has 26 heavy (non-hydrogen) atoms. The number of carbonyl (C=O) groups excluding carboxylic acids is 2. The lowest BCUT2D eigenvalue weighted by molar-refractivity contribution is -0.132. The van der Waals surface area contributed by atoms with Crippen molar-refractivity contribution >= 4 is 34.0 Å². The minimum atomic E-state index is -0.120. The summed E-state index contributed by atoms with van der Waals surface area (Å²) in [4.78, 5) is 33.3. The number of carbonyl (C=O) groups is 2. The first-order valence-electron chi connectivity index (χ1n) is 9.01. The van der Waals surface area contributed by atoms with E-state index in [1.807, 2.05) is 40.7 Å². The van der Waals surface area contributed by atoms with Crippen molar-refractivity contribution in [2.45, 2.75) is 19.3 Å². The predicted octanol–water partition coefficient (Wildman–Crippen LogP) is 2.38. The standard InChI is InChI=1S/C19H22N4O2S/c24-17(22-8-10-23(11-9-22)19-20-7-12-26-19)6-5-15-13-14-3-1-2-4-16(14)21-18(15)25/h1-4,7,12,15H,5-6,8-11,13H2,(H,21,25). The molecule has 1 aromatic heterocycles. The van der Waals surface area contributed by atoms with Crippen LogP contribution in [0.1, 0.15) is 18.4 Å². The van der Waals surface area contributed by atoms with E-state index in [2.05, 4.69) is 15.2 Å². The summed E-state index contributed by atoms with van der Waals surface area (Å²) in [6, 6.07) is 7.88. The molecule has 7 heteroatoms. The number of thiazole rings is 1. The van der Waals surface area contributed by atoms with Gasteiger partial charge in [-0.25, -0.2) is 4.98 Å². The number of amides is 2. The molecule has 0 saturated carbocycles. The van der Waals surface area contributed by atoms with Crippen molar-refractivity contribution in [2.24, 2.45) is 5.92 Å². The van der Waals surface area contributed by atoms with Gasteiger partial charge in [0.1, 0.15) is 0 Å². The minimum absolute atomic E-state index is 0.0325. The number of fused-ring (bicyclic) bond motifs is 1. The molecule has 136 valence electrons. The van der Waals surface area contributed by atoms with E-state index < -0.39 is 0 Å². The fourth-order valence-corrected chi connectivity index (χ4v) is 4.32. The van der Waals surface area contributed by atoms with Crippen LogP contribution in [0.4, 0.5) is 10.8 Å². The molecule has 1 unspecified atom stereocenters. The molecule has 1 fully saturated rings. The molecule has 2 aliphatic rings. The highest BCUT2D eigenvalue weighted by molar-refractivity contribution is 7.13. The molecule has 0 aliphatic carbocycles. The van der Waals surface area contributed by atoms with E-state index in [-0.39, 0.29) is 17.7 Å². The second-order valence-electron chi connectivity index (χ2n) is 6.77. The molecule has 2 aliphatic heterocycles. The normalized spacial score (nSPS) is 19.8. The van der Waals surface area contributed by atoms with E-state index >= 15 is 0 Å². The molecule has 2 aromatic rings. The predicted molar refractivity (Wildman–Crippen MR) is 102 cm³/mol. The maximum absolute atomic E-state index is 12.5. The SMILES string of the molecule is O=C1Nc2ccccc2CC1CCC(=O)N1CCN(c2nccs2)CC1. The number of nitrogens with one attached hydrogen (secondary N) is 1. The van der Waals surface area contributed by atoms with Crippen LogP contribution in [-0.2, 0) is 16.0 Å². The Labute approximate surface area is 156 Å². The number of benzene rings is 1. The number of aromatic nitrogens is 1. The van der Waals surface area contributed by atoms with E-state index in [9.17, 15) is 9.59 Å². The Hall–Kier alpha value is -2.41. The van der Waals surface area contributed by atoms with E-state index in [0.717, 1.165) is 42.6 Å². The summed E-state index contributed by atoms with van der Waals surface area (Å²) in [6.45, 7) is 3.07. The van der Waals surface area contributed by atoms with Crippen LogP contribution in [0.5, 0.6) is 0 Å². The topological polar surface area (TPSA) is 65.5 Å². The maximum Gasteiger partial charge on any atom is 0.227 e. The minimum Gasteiger partial charge on any atom is -0.345 e. The monoisotopic (exact) mass is 370 g/mol. The number of nitrogens with zero attached hydrogens (tertiary/aromatic N) is 3. The summed E-state index contributed by atoms with van der Waals surface area (Å²) in [6.07, 6.45) is 3.56. The summed E-state index contributed by atoms with van der Waals surface area (Å²) < 4.78 is 0. The van der Waals surface area contributed by atoms with E-state index in [1.165, 1.54) is 0 Å². The third-order valence-electron chi connectivity index (χ3n) is 5.14. The van der Waals surface area contributed by atoms with Crippen molar-refractivity contribution in [1.82, 2.24) is 9.88 Å². The Morgan fingerprint density at radius 2 is 2.04 bits per heavy atom. The first-order valence-corrected chi connectivity index (χ1v) is 9.89. The molecule has 1 aromatic carbocycles. The van der Waals surface area contributed by atoms with Gasteiger partial charge in [-0.3, -0.25) is 9.59 Å².